The number of halogens is 1. The van der Waals surface area contributed by atoms with E-state index < -0.39 is 0 Å². The second kappa shape index (κ2) is 5.42. The summed E-state index contributed by atoms with van der Waals surface area (Å²) >= 11 is 6.16. The Morgan fingerprint density at radius 1 is 1.40 bits per heavy atom. The van der Waals surface area contributed by atoms with Gasteiger partial charge in [0.15, 0.2) is 5.82 Å². The van der Waals surface area contributed by atoms with Gasteiger partial charge in [0.2, 0.25) is 5.95 Å². The van der Waals surface area contributed by atoms with Gasteiger partial charge in [0.25, 0.3) is 0 Å². The number of nitrogens with zero attached hydrogens (tertiary/aromatic N) is 3. The van der Waals surface area contributed by atoms with Crippen LogP contribution in [0, 0.1) is 6.92 Å². The van der Waals surface area contributed by atoms with Gasteiger partial charge >= 0.3 is 0 Å². The fourth-order valence-electron chi connectivity index (χ4n) is 2.49. The predicted molar refractivity (Wildman–Crippen MR) is 81.2 cm³/mol. The summed E-state index contributed by atoms with van der Waals surface area (Å²) in [5.41, 5.74) is 2.02. The number of H-pyrrole nitrogens is 1. The van der Waals surface area contributed by atoms with Crippen LogP contribution in [-0.2, 0) is 0 Å². The van der Waals surface area contributed by atoms with Crippen LogP contribution in [-0.4, -0.2) is 40.9 Å². The molecule has 1 aromatic carbocycles. The van der Waals surface area contributed by atoms with E-state index in [1.54, 1.807) is 0 Å². The van der Waals surface area contributed by atoms with Crippen molar-refractivity contribution in [2.75, 3.05) is 24.5 Å². The molecule has 5 nitrogen and oxygen atoms in total. The summed E-state index contributed by atoms with van der Waals surface area (Å²) in [7, 11) is 0. The molecule has 1 fully saturated rings. The van der Waals surface area contributed by atoms with Gasteiger partial charge in [-0.05, 0) is 25.5 Å². The molecule has 2 aromatic rings. The summed E-state index contributed by atoms with van der Waals surface area (Å²) in [6.07, 6.45) is 0. The Bertz CT molecular complexity index is 609. The Hall–Kier alpha value is -1.59. The van der Waals surface area contributed by atoms with E-state index in [1.807, 2.05) is 25.1 Å². The van der Waals surface area contributed by atoms with Crippen molar-refractivity contribution in [2.24, 2.45) is 0 Å². The lowest BCUT2D eigenvalue weighted by atomic mass is 10.1. The molecule has 20 heavy (non-hydrogen) atoms. The Balaban J connectivity index is 1.88. The molecule has 0 aliphatic carbocycles. The maximum absolute atomic E-state index is 6.16. The molecule has 6 heteroatoms. The first-order valence-electron chi connectivity index (χ1n) is 6.81. The molecule has 1 aliphatic rings. The second-order valence-corrected chi connectivity index (χ2v) is 5.60. The number of aromatic nitrogens is 3. The maximum Gasteiger partial charge on any atom is 0.245 e. The second-order valence-electron chi connectivity index (χ2n) is 5.20. The molecule has 0 radical (unpaired) electrons. The molecule has 2 heterocycles. The van der Waals surface area contributed by atoms with E-state index in [2.05, 4.69) is 32.3 Å². The average Bonchev–Trinajstić information content (AvgIpc) is 2.91. The molecule has 1 aromatic heterocycles. The molecule has 3 rings (SSSR count). The SMILES string of the molecule is Cc1c(Cl)cccc1-c1nc(N2CCNC(C)C2)n[nH]1. The van der Waals surface area contributed by atoms with Crippen LogP contribution >= 0.6 is 11.6 Å². The molecule has 0 spiro atoms. The highest BCUT2D eigenvalue weighted by molar-refractivity contribution is 6.31. The molecular weight excluding hydrogens is 274 g/mol. The topological polar surface area (TPSA) is 56.8 Å². The third-order valence-corrected chi connectivity index (χ3v) is 4.06. The summed E-state index contributed by atoms with van der Waals surface area (Å²) < 4.78 is 0. The molecule has 1 atom stereocenters. The molecule has 0 saturated carbocycles. The number of hydrogen-bond donors (Lipinski definition) is 2. The molecule has 0 amide bonds. The summed E-state index contributed by atoms with van der Waals surface area (Å²) in [6, 6.07) is 6.28. The van der Waals surface area contributed by atoms with Crippen LogP contribution < -0.4 is 10.2 Å². The minimum absolute atomic E-state index is 0.457. The van der Waals surface area contributed by atoms with Crippen molar-refractivity contribution in [1.29, 1.82) is 0 Å². The van der Waals surface area contributed by atoms with Gasteiger partial charge in [-0.15, -0.1) is 5.10 Å². The number of nitrogens with one attached hydrogen (secondary N) is 2. The van der Waals surface area contributed by atoms with Crippen LogP contribution in [0.2, 0.25) is 5.02 Å². The highest BCUT2D eigenvalue weighted by Crippen LogP contribution is 2.26. The zero-order valence-electron chi connectivity index (χ0n) is 11.7. The fraction of sp³-hybridized carbons (Fsp3) is 0.429. The monoisotopic (exact) mass is 291 g/mol. The molecule has 1 unspecified atom stereocenters. The fourth-order valence-corrected chi connectivity index (χ4v) is 2.67. The van der Waals surface area contributed by atoms with Crippen molar-refractivity contribution >= 4 is 17.5 Å². The number of hydrogen-bond acceptors (Lipinski definition) is 4. The van der Waals surface area contributed by atoms with Crippen LogP contribution in [0.5, 0.6) is 0 Å². The van der Waals surface area contributed by atoms with Crippen molar-refractivity contribution in [3.63, 3.8) is 0 Å². The largest absolute Gasteiger partial charge is 0.337 e. The van der Waals surface area contributed by atoms with Crippen LogP contribution in [0.1, 0.15) is 12.5 Å². The van der Waals surface area contributed by atoms with Crippen LogP contribution in [0.4, 0.5) is 5.95 Å². The van der Waals surface area contributed by atoms with Gasteiger partial charge in [0.1, 0.15) is 0 Å². The number of rotatable bonds is 2. The van der Waals surface area contributed by atoms with Crippen LogP contribution in [0.3, 0.4) is 0 Å². The minimum atomic E-state index is 0.457. The smallest absolute Gasteiger partial charge is 0.245 e. The third kappa shape index (κ3) is 2.51. The molecular formula is C14H18ClN5. The quantitative estimate of drug-likeness (QED) is 0.891. The summed E-state index contributed by atoms with van der Waals surface area (Å²) in [4.78, 5) is 6.81. The van der Waals surface area contributed by atoms with E-state index >= 15 is 0 Å². The lowest BCUT2D eigenvalue weighted by Crippen LogP contribution is -2.49. The van der Waals surface area contributed by atoms with Crippen molar-refractivity contribution in [1.82, 2.24) is 20.5 Å². The normalized spacial score (nSPS) is 19.4. The van der Waals surface area contributed by atoms with E-state index in [0.717, 1.165) is 47.6 Å². The van der Waals surface area contributed by atoms with Gasteiger partial charge < -0.3 is 10.2 Å². The van der Waals surface area contributed by atoms with E-state index in [4.69, 9.17) is 11.6 Å². The van der Waals surface area contributed by atoms with E-state index in [0.29, 0.717) is 6.04 Å². The van der Waals surface area contributed by atoms with Crippen molar-refractivity contribution < 1.29 is 0 Å². The van der Waals surface area contributed by atoms with E-state index in [-0.39, 0.29) is 0 Å². The molecule has 2 N–H and O–H groups in total. The minimum Gasteiger partial charge on any atom is -0.337 e. The molecule has 106 valence electrons. The summed E-state index contributed by atoms with van der Waals surface area (Å²) in [6.45, 7) is 6.97. The van der Waals surface area contributed by atoms with Gasteiger partial charge in [0.05, 0.1) is 0 Å². The van der Waals surface area contributed by atoms with Gasteiger partial charge in [-0.3, -0.25) is 5.10 Å². The maximum atomic E-state index is 6.16. The summed E-state index contributed by atoms with van der Waals surface area (Å²) in [5, 5.41) is 11.5. The van der Waals surface area contributed by atoms with Crippen LogP contribution in [0.15, 0.2) is 18.2 Å². The van der Waals surface area contributed by atoms with E-state index in [1.165, 1.54) is 0 Å². The van der Waals surface area contributed by atoms with Crippen molar-refractivity contribution in [3.8, 4) is 11.4 Å². The number of piperazine rings is 1. The van der Waals surface area contributed by atoms with Crippen molar-refractivity contribution in [2.45, 2.75) is 19.9 Å². The zero-order valence-corrected chi connectivity index (χ0v) is 12.4. The first-order valence-corrected chi connectivity index (χ1v) is 7.19. The van der Waals surface area contributed by atoms with Gasteiger partial charge in [0, 0.05) is 36.3 Å². The Kier molecular flexibility index (Phi) is 3.63. The van der Waals surface area contributed by atoms with Gasteiger partial charge in [-0.1, -0.05) is 23.7 Å². The average molecular weight is 292 g/mol. The predicted octanol–water partition coefficient (Wildman–Crippen LogP) is 2.23. The van der Waals surface area contributed by atoms with Gasteiger partial charge in [-0.2, -0.15) is 4.98 Å². The summed E-state index contributed by atoms with van der Waals surface area (Å²) in [5.74, 6) is 1.53. The molecule has 0 bridgehead atoms. The lowest BCUT2D eigenvalue weighted by Gasteiger charge is -2.30. The highest BCUT2D eigenvalue weighted by atomic mass is 35.5. The highest BCUT2D eigenvalue weighted by Gasteiger charge is 2.20. The Morgan fingerprint density at radius 2 is 2.25 bits per heavy atom. The first kappa shape index (κ1) is 13.4. The molecule has 1 saturated heterocycles. The van der Waals surface area contributed by atoms with Gasteiger partial charge in [-0.25, -0.2) is 0 Å². The van der Waals surface area contributed by atoms with E-state index in [9.17, 15) is 0 Å². The zero-order chi connectivity index (χ0) is 14.1. The Labute approximate surface area is 123 Å². The number of aromatic amines is 1. The lowest BCUT2D eigenvalue weighted by molar-refractivity contribution is 0.480. The Morgan fingerprint density at radius 3 is 3.05 bits per heavy atom. The third-order valence-electron chi connectivity index (χ3n) is 3.65. The van der Waals surface area contributed by atoms with Crippen LogP contribution in [0.25, 0.3) is 11.4 Å². The first-order chi connectivity index (χ1) is 9.65. The number of benzene rings is 1. The standard InChI is InChI=1S/C14H18ClN5/c1-9-8-20(7-6-16-9)14-17-13(18-19-14)11-4-3-5-12(15)10(11)2/h3-5,9,16H,6-8H2,1-2H3,(H,17,18,19). The molecule has 1 aliphatic heterocycles. The number of anilines is 1. The van der Waals surface area contributed by atoms with Crippen molar-refractivity contribution in [3.05, 3.63) is 28.8 Å².